The topological polar surface area (TPSA) is 85.3 Å². The molecule has 0 aromatic heterocycles. The highest BCUT2D eigenvalue weighted by Gasteiger charge is 2.73. The molecule has 7 heteroatoms. The zero-order valence-electron chi connectivity index (χ0n) is 14.8. The number of benzene rings is 1. The van der Waals surface area contributed by atoms with Gasteiger partial charge in [0.15, 0.2) is 5.90 Å². The fraction of sp³-hybridized carbons (Fsp3) is 0.444. The van der Waals surface area contributed by atoms with E-state index in [1.165, 1.54) is 14.2 Å². The third-order valence-corrected chi connectivity index (χ3v) is 4.95. The third kappa shape index (κ3) is 1.86. The molecule has 0 N–H and O–H groups in total. The van der Waals surface area contributed by atoms with Crippen molar-refractivity contribution in [3.05, 3.63) is 35.4 Å². The minimum Gasteiger partial charge on any atom is -0.467 e. The van der Waals surface area contributed by atoms with Gasteiger partial charge in [0.2, 0.25) is 5.54 Å². The lowest BCUT2D eigenvalue weighted by Crippen LogP contribution is -2.67. The second-order valence-corrected chi connectivity index (χ2v) is 6.54. The van der Waals surface area contributed by atoms with Crippen molar-refractivity contribution in [1.82, 2.24) is 4.90 Å². The Hall–Kier alpha value is -2.70. The van der Waals surface area contributed by atoms with Crippen LogP contribution in [-0.4, -0.2) is 48.3 Å². The first-order chi connectivity index (χ1) is 11.7. The lowest BCUT2D eigenvalue weighted by atomic mass is 9.66. The highest BCUT2D eigenvalue weighted by atomic mass is 16.6. The number of nitrogens with zero attached hydrogens (tertiary/aromatic N) is 2. The minimum atomic E-state index is -1.77. The van der Waals surface area contributed by atoms with Crippen LogP contribution < -0.4 is 0 Å². The van der Waals surface area contributed by atoms with Crippen molar-refractivity contribution in [2.24, 2.45) is 10.9 Å². The first kappa shape index (κ1) is 17.1. The summed E-state index contributed by atoms with van der Waals surface area (Å²) in [5, 5.41) is 0. The van der Waals surface area contributed by atoms with E-state index in [4.69, 9.17) is 9.47 Å². The lowest BCUT2D eigenvalue weighted by molar-refractivity contribution is -0.171. The summed E-state index contributed by atoms with van der Waals surface area (Å²) in [5.74, 6) is -1.97. The van der Waals surface area contributed by atoms with Gasteiger partial charge in [0.05, 0.1) is 7.11 Å². The fourth-order valence-electron chi connectivity index (χ4n) is 3.83. The van der Waals surface area contributed by atoms with Crippen LogP contribution in [0, 0.1) is 5.92 Å². The average molecular weight is 344 g/mol. The SMILES string of the molecule is COC(=O)[C@@]1(C(C)C)N=C(C)O[C@]12C(=O)N(C)C(=O)c1ccccc12. The molecule has 3 rings (SSSR count). The van der Waals surface area contributed by atoms with Crippen LogP contribution in [0.5, 0.6) is 0 Å². The number of amides is 2. The molecule has 0 saturated heterocycles. The monoisotopic (exact) mass is 344 g/mol. The van der Waals surface area contributed by atoms with E-state index in [9.17, 15) is 14.4 Å². The number of hydrogen-bond donors (Lipinski definition) is 0. The number of imide groups is 1. The molecule has 0 bridgehead atoms. The first-order valence-electron chi connectivity index (χ1n) is 8.00. The van der Waals surface area contributed by atoms with E-state index < -0.39 is 34.8 Å². The van der Waals surface area contributed by atoms with Crippen molar-refractivity contribution < 1.29 is 23.9 Å². The Labute approximate surface area is 145 Å². The number of rotatable bonds is 2. The van der Waals surface area contributed by atoms with E-state index in [0.29, 0.717) is 11.1 Å². The molecular formula is C18H20N2O5. The molecule has 2 aliphatic heterocycles. The molecule has 0 radical (unpaired) electrons. The van der Waals surface area contributed by atoms with Crippen LogP contribution in [0.1, 0.15) is 36.7 Å². The molecular weight excluding hydrogens is 324 g/mol. The van der Waals surface area contributed by atoms with E-state index in [1.54, 1.807) is 45.0 Å². The maximum atomic E-state index is 13.3. The summed E-state index contributed by atoms with van der Waals surface area (Å²) in [6.07, 6.45) is 0. The van der Waals surface area contributed by atoms with Gasteiger partial charge in [-0.3, -0.25) is 14.5 Å². The van der Waals surface area contributed by atoms with Gasteiger partial charge >= 0.3 is 5.97 Å². The Morgan fingerprint density at radius 2 is 1.92 bits per heavy atom. The van der Waals surface area contributed by atoms with E-state index >= 15 is 0 Å². The number of fused-ring (bicyclic) bond motifs is 2. The van der Waals surface area contributed by atoms with E-state index in [2.05, 4.69) is 4.99 Å². The molecule has 2 amide bonds. The second kappa shape index (κ2) is 5.40. The maximum absolute atomic E-state index is 13.3. The number of aliphatic imine (C=N–C) groups is 1. The van der Waals surface area contributed by atoms with Crippen LogP contribution >= 0.6 is 0 Å². The maximum Gasteiger partial charge on any atom is 0.339 e. The van der Waals surface area contributed by atoms with Crippen molar-refractivity contribution in [1.29, 1.82) is 0 Å². The van der Waals surface area contributed by atoms with Gasteiger partial charge in [-0.2, -0.15) is 0 Å². The number of hydrogen-bond acceptors (Lipinski definition) is 6. The summed E-state index contributed by atoms with van der Waals surface area (Å²) in [6.45, 7) is 5.13. The van der Waals surface area contributed by atoms with E-state index in [1.807, 2.05) is 0 Å². The predicted octanol–water partition coefficient (Wildman–Crippen LogP) is 1.51. The molecule has 1 aromatic carbocycles. The van der Waals surface area contributed by atoms with E-state index in [-0.39, 0.29) is 5.90 Å². The van der Waals surface area contributed by atoms with Gasteiger partial charge in [-0.25, -0.2) is 9.79 Å². The molecule has 2 aliphatic rings. The van der Waals surface area contributed by atoms with Gasteiger partial charge in [0.1, 0.15) is 0 Å². The molecule has 25 heavy (non-hydrogen) atoms. The van der Waals surface area contributed by atoms with Gasteiger partial charge in [-0.15, -0.1) is 0 Å². The Morgan fingerprint density at radius 1 is 1.28 bits per heavy atom. The fourth-order valence-corrected chi connectivity index (χ4v) is 3.83. The summed E-state index contributed by atoms with van der Waals surface area (Å²) >= 11 is 0. The van der Waals surface area contributed by atoms with Crippen molar-refractivity contribution in [2.45, 2.75) is 31.9 Å². The average Bonchev–Trinajstić information content (AvgIpc) is 2.92. The largest absolute Gasteiger partial charge is 0.467 e. The van der Waals surface area contributed by atoms with Crippen molar-refractivity contribution >= 4 is 23.7 Å². The molecule has 1 spiro atoms. The highest BCUT2D eigenvalue weighted by molar-refractivity contribution is 6.16. The molecule has 1 aromatic rings. The van der Waals surface area contributed by atoms with Crippen LogP contribution in [0.4, 0.5) is 0 Å². The Morgan fingerprint density at radius 3 is 2.52 bits per heavy atom. The summed E-state index contributed by atoms with van der Waals surface area (Å²) in [6, 6.07) is 6.64. The van der Waals surface area contributed by atoms with Crippen molar-refractivity contribution in [3.8, 4) is 0 Å². The van der Waals surface area contributed by atoms with Crippen LogP contribution in [0.2, 0.25) is 0 Å². The summed E-state index contributed by atoms with van der Waals surface area (Å²) < 4.78 is 11.0. The minimum absolute atomic E-state index is 0.199. The highest BCUT2D eigenvalue weighted by Crippen LogP contribution is 2.52. The number of carbonyl (C=O) groups is 3. The molecule has 2 heterocycles. The van der Waals surface area contributed by atoms with Gasteiger partial charge < -0.3 is 9.47 Å². The molecule has 2 atom stereocenters. The van der Waals surface area contributed by atoms with Gasteiger partial charge in [-0.1, -0.05) is 32.0 Å². The Kier molecular flexibility index (Phi) is 3.70. The van der Waals surface area contributed by atoms with Gasteiger partial charge in [0, 0.05) is 25.1 Å². The first-order valence-corrected chi connectivity index (χ1v) is 8.00. The standard InChI is InChI=1S/C18H20N2O5/c1-10(2)17(16(23)24-5)18(25-11(3)19-17)13-9-7-6-8-12(13)14(21)20(4)15(18)22/h6-10H,1-5H3/t17-,18-/m1/s1. The number of methoxy groups -OCH3 is 1. The zero-order chi connectivity index (χ0) is 18.6. The quantitative estimate of drug-likeness (QED) is 0.600. The third-order valence-electron chi connectivity index (χ3n) is 4.95. The summed E-state index contributed by atoms with van der Waals surface area (Å²) in [7, 11) is 2.62. The Balaban J connectivity index is 2.43. The van der Waals surface area contributed by atoms with Crippen LogP contribution in [-0.2, 0) is 24.7 Å². The molecule has 0 aliphatic carbocycles. The zero-order valence-corrected chi connectivity index (χ0v) is 14.8. The smallest absolute Gasteiger partial charge is 0.339 e. The number of esters is 1. The Bertz CT molecular complexity index is 815. The van der Waals surface area contributed by atoms with Crippen LogP contribution in [0.15, 0.2) is 29.3 Å². The lowest BCUT2D eigenvalue weighted by Gasteiger charge is -2.46. The molecule has 132 valence electrons. The summed E-state index contributed by atoms with van der Waals surface area (Å²) in [5.41, 5.74) is -2.74. The molecule has 7 nitrogen and oxygen atoms in total. The predicted molar refractivity (Wildman–Crippen MR) is 89.0 cm³/mol. The summed E-state index contributed by atoms with van der Waals surface area (Å²) in [4.78, 5) is 44.2. The van der Waals surface area contributed by atoms with Crippen LogP contribution in [0.3, 0.4) is 0 Å². The number of ether oxygens (including phenoxy) is 2. The van der Waals surface area contributed by atoms with Gasteiger partial charge in [-0.05, 0) is 12.0 Å². The number of likely N-dealkylation sites (N-methyl/N-ethyl adjacent to an activating group) is 1. The molecule has 0 saturated carbocycles. The number of carbonyl (C=O) groups excluding carboxylic acids is 3. The normalized spacial score (nSPS) is 28.1. The molecule has 0 unspecified atom stereocenters. The van der Waals surface area contributed by atoms with Crippen LogP contribution in [0.25, 0.3) is 0 Å². The van der Waals surface area contributed by atoms with Crippen molar-refractivity contribution in [3.63, 3.8) is 0 Å². The molecule has 0 fully saturated rings. The van der Waals surface area contributed by atoms with Crippen molar-refractivity contribution in [2.75, 3.05) is 14.2 Å². The second-order valence-electron chi connectivity index (χ2n) is 6.54. The van der Waals surface area contributed by atoms with E-state index in [0.717, 1.165) is 4.90 Å². The van der Waals surface area contributed by atoms with Gasteiger partial charge in [0.25, 0.3) is 17.4 Å².